The molecule has 1 aromatic carbocycles. The molecule has 0 radical (unpaired) electrons. The van der Waals surface area contributed by atoms with E-state index in [0.717, 1.165) is 25.7 Å². The Labute approximate surface area is 140 Å². The summed E-state index contributed by atoms with van der Waals surface area (Å²) >= 11 is 8.53. The van der Waals surface area contributed by atoms with Gasteiger partial charge in [-0.1, -0.05) is 17.7 Å². The summed E-state index contributed by atoms with van der Waals surface area (Å²) in [6, 6.07) is 10.0. The molecular formula is C16H11ClIN3. The molecule has 0 saturated heterocycles. The second kappa shape index (κ2) is 5.18. The van der Waals surface area contributed by atoms with Gasteiger partial charge in [0.15, 0.2) is 5.82 Å². The fraction of sp³-hybridized carbons (Fsp3) is 0.188. The molecule has 1 aliphatic carbocycles. The average Bonchev–Trinajstić information content (AvgIpc) is 3.34. The monoisotopic (exact) mass is 407 g/mol. The van der Waals surface area contributed by atoms with E-state index in [1.54, 1.807) is 6.20 Å². The fourth-order valence-corrected chi connectivity index (χ4v) is 3.27. The highest BCUT2D eigenvalue weighted by Gasteiger charge is 2.29. The molecule has 104 valence electrons. The van der Waals surface area contributed by atoms with Crippen LogP contribution in [0.25, 0.3) is 22.3 Å². The van der Waals surface area contributed by atoms with Crippen molar-refractivity contribution in [3.8, 4) is 11.4 Å². The van der Waals surface area contributed by atoms with Crippen molar-refractivity contribution in [1.82, 2.24) is 15.0 Å². The molecule has 0 spiro atoms. The minimum Gasteiger partial charge on any atom is -0.256 e. The SMILES string of the molecule is Clc1nc(-c2ccc3ncccc3c2)nc(C2CC2)c1I. The molecule has 5 heteroatoms. The Hall–Kier alpha value is -1.27. The zero-order chi connectivity index (χ0) is 14.4. The van der Waals surface area contributed by atoms with E-state index in [0.29, 0.717) is 16.9 Å². The van der Waals surface area contributed by atoms with Crippen molar-refractivity contribution in [2.75, 3.05) is 0 Å². The largest absolute Gasteiger partial charge is 0.256 e. The van der Waals surface area contributed by atoms with Crippen molar-refractivity contribution in [3.05, 3.63) is 50.9 Å². The molecule has 1 saturated carbocycles. The summed E-state index contributed by atoms with van der Waals surface area (Å²) in [6.07, 6.45) is 4.19. The maximum absolute atomic E-state index is 6.29. The van der Waals surface area contributed by atoms with Crippen molar-refractivity contribution in [2.24, 2.45) is 0 Å². The lowest BCUT2D eigenvalue weighted by atomic mass is 10.1. The molecule has 1 fully saturated rings. The van der Waals surface area contributed by atoms with Gasteiger partial charge in [-0.15, -0.1) is 0 Å². The van der Waals surface area contributed by atoms with Crippen molar-refractivity contribution in [1.29, 1.82) is 0 Å². The standard InChI is InChI=1S/C16H11ClIN3/c17-15-13(18)14(9-3-4-9)20-16(21-15)11-5-6-12-10(8-11)2-1-7-19-12/h1-2,5-9H,3-4H2. The summed E-state index contributed by atoms with van der Waals surface area (Å²) in [6.45, 7) is 0. The highest BCUT2D eigenvalue weighted by Crippen LogP contribution is 2.42. The molecule has 0 aliphatic heterocycles. The first kappa shape index (κ1) is 13.4. The summed E-state index contributed by atoms with van der Waals surface area (Å²) in [5, 5.41) is 1.63. The Morgan fingerprint density at radius 1 is 1.14 bits per heavy atom. The van der Waals surface area contributed by atoms with E-state index >= 15 is 0 Å². The van der Waals surface area contributed by atoms with E-state index in [2.05, 4.69) is 38.6 Å². The number of halogens is 2. The average molecular weight is 408 g/mol. The quantitative estimate of drug-likeness (QED) is 0.451. The summed E-state index contributed by atoms with van der Waals surface area (Å²) in [4.78, 5) is 13.5. The zero-order valence-corrected chi connectivity index (χ0v) is 14.0. The van der Waals surface area contributed by atoms with Gasteiger partial charge >= 0.3 is 0 Å². The Morgan fingerprint density at radius 2 is 2.00 bits per heavy atom. The van der Waals surface area contributed by atoms with E-state index < -0.39 is 0 Å². The molecule has 0 unspecified atom stereocenters. The first-order valence-electron chi connectivity index (χ1n) is 6.80. The van der Waals surface area contributed by atoms with Gasteiger partial charge in [0.1, 0.15) is 5.15 Å². The number of nitrogens with zero attached hydrogens (tertiary/aromatic N) is 3. The third kappa shape index (κ3) is 2.51. The molecule has 21 heavy (non-hydrogen) atoms. The Bertz CT molecular complexity index is 846. The number of hydrogen-bond acceptors (Lipinski definition) is 3. The van der Waals surface area contributed by atoms with Gasteiger partial charge in [-0.2, -0.15) is 0 Å². The van der Waals surface area contributed by atoms with Gasteiger partial charge in [0.25, 0.3) is 0 Å². The number of pyridine rings is 1. The van der Waals surface area contributed by atoms with Gasteiger partial charge in [0.05, 0.1) is 14.8 Å². The van der Waals surface area contributed by atoms with Crippen LogP contribution in [0.3, 0.4) is 0 Å². The number of rotatable bonds is 2. The van der Waals surface area contributed by atoms with E-state index in [1.165, 1.54) is 12.8 Å². The van der Waals surface area contributed by atoms with Crippen LogP contribution in [0.15, 0.2) is 36.5 Å². The minimum absolute atomic E-state index is 0.550. The topological polar surface area (TPSA) is 38.7 Å². The van der Waals surface area contributed by atoms with Gasteiger partial charge < -0.3 is 0 Å². The predicted molar refractivity (Wildman–Crippen MR) is 92.5 cm³/mol. The summed E-state index contributed by atoms with van der Waals surface area (Å²) in [7, 11) is 0. The summed E-state index contributed by atoms with van der Waals surface area (Å²) in [5.41, 5.74) is 3.05. The van der Waals surface area contributed by atoms with Crippen LogP contribution in [0, 0.1) is 3.57 Å². The van der Waals surface area contributed by atoms with Crippen LogP contribution in [-0.2, 0) is 0 Å². The fourth-order valence-electron chi connectivity index (χ4n) is 2.41. The molecule has 2 heterocycles. The first-order valence-corrected chi connectivity index (χ1v) is 8.26. The van der Waals surface area contributed by atoms with Crippen molar-refractivity contribution in [2.45, 2.75) is 18.8 Å². The molecule has 3 aromatic rings. The lowest BCUT2D eigenvalue weighted by Gasteiger charge is -2.08. The normalized spacial score (nSPS) is 14.6. The predicted octanol–water partition coefficient (Wildman–Crippen LogP) is 4.83. The van der Waals surface area contributed by atoms with Crippen molar-refractivity contribution in [3.63, 3.8) is 0 Å². The lowest BCUT2D eigenvalue weighted by Crippen LogP contribution is -1.99. The summed E-state index contributed by atoms with van der Waals surface area (Å²) < 4.78 is 0.989. The third-order valence-electron chi connectivity index (χ3n) is 3.66. The molecule has 0 atom stereocenters. The number of fused-ring (bicyclic) bond motifs is 1. The molecule has 2 aromatic heterocycles. The molecule has 1 aliphatic rings. The summed E-state index contributed by atoms with van der Waals surface area (Å²) in [5.74, 6) is 1.26. The van der Waals surface area contributed by atoms with Crippen LogP contribution >= 0.6 is 34.2 Å². The molecular weight excluding hydrogens is 397 g/mol. The van der Waals surface area contributed by atoms with E-state index in [1.807, 2.05) is 24.3 Å². The first-order chi connectivity index (χ1) is 10.2. The second-order valence-corrected chi connectivity index (χ2v) is 6.66. The lowest BCUT2D eigenvalue weighted by molar-refractivity contribution is 0.978. The van der Waals surface area contributed by atoms with Crippen LogP contribution in [-0.4, -0.2) is 15.0 Å². The Morgan fingerprint density at radius 3 is 2.81 bits per heavy atom. The van der Waals surface area contributed by atoms with Crippen LogP contribution in [0.4, 0.5) is 0 Å². The molecule has 3 nitrogen and oxygen atoms in total. The van der Waals surface area contributed by atoms with E-state index in [-0.39, 0.29) is 0 Å². The smallest absolute Gasteiger partial charge is 0.161 e. The molecule has 0 N–H and O–H groups in total. The molecule has 4 rings (SSSR count). The minimum atomic E-state index is 0.550. The molecule has 0 bridgehead atoms. The van der Waals surface area contributed by atoms with Crippen molar-refractivity contribution < 1.29 is 0 Å². The van der Waals surface area contributed by atoms with E-state index in [4.69, 9.17) is 16.6 Å². The van der Waals surface area contributed by atoms with Gasteiger partial charge in [0.2, 0.25) is 0 Å². The Balaban J connectivity index is 1.87. The third-order valence-corrected chi connectivity index (χ3v) is 5.32. The number of hydrogen-bond donors (Lipinski definition) is 0. The Kier molecular flexibility index (Phi) is 3.30. The van der Waals surface area contributed by atoms with Gasteiger partial charge in [-0.05, 0) is 59.7 Å². The number of aromatic nitrogens is 3. The second-order valence-electron chi connectivity index (χ2n) is 5.22. The molecule has 0 amide bonds. The van der Waals surface area contributed by atoms with Crippen LogP contribution < -0.4 is 0 Å². The van der Waals surface area contributed by atoms with Gasteiger partial charge in [-0.25, -0.2) is 9.97 Å². The maximum Gasteiger partial charge on any atom is 0.161 e. The number of benzene rings is 1. The van der Waals surface area contributed by atoms with Gasteiger partial charge in [0, 0.05) is 23.1 Å². The van der Waals surface area contributed by atoms with Crippen LogP contribution in [0.1, 0.15) is 24.5 Å². The highest BCUT2D eigenvalue weighted by molar-refractivity contribution is 14.1. The van der Waals surface area contributed by atoms with Crippen LogP contribution in [0.5, 0.6) is 0 Å². The van der Waals surface area contributed by atoms with Crippen molar-refractivity contribution >= 4 is 45.1 Å². The van der Waals surface area contributed by atoms with E-state index in [9.17, 15) is 0 Å². The zero-order valence-electron chi connectivity index (χ0n) is 11.1. The maximum atomic E-state index is 6.29. The van der Waals surface area contributed by atoms with Crippen LogP contribution in [0.2, 0.25) is 5.15 Å². The van der Waals surface area contributed by atoms with Gasteiger partial charge in [-0.3, -0.25) is 4.98 Å². The highest BCUT2D eigenvalue weighted by atomic mass is 127.